The Labute approximate surface area is 190 Å². The zero-order valence-corrected chi connectivity index (χ0v) is 19.1. The molecule has 1 aromatic carbocycles. The van der Waals surface area contributed by atoms with Gasteiger partial charge in [-0.25, -0.2) is 0 Å². The first-order valence-corrected chi connectivity index (χ1v) is 11.0. The lowest BCUT2D eigenvalue weighted by atomic mass is 10.0. The molecule has 0 saturated heterocycles. The molecular formula is C26H31N3O3. The van der Waals surface area contributed by atoms with Crippen LogP contribution in [0.1, 0.15) is 31.9 Å². The van der Waals surface area contributed by atoms with Crippen LogP contribution in [0.3, 0.4) is 0 Å². The second-order valence-corrected chi connectivity index (χ2v) is 8.15. The van der Waals surface area contributed by atoms with Gasteiger partial charge in [-0.05, 0) is 54.7 Å². The second-order valence-electron chi connectivity index (χ2n) is 8.15. The highest BCUT2D eigenvalue weighted by molar-refractivity contribution is 6.35. The lowest BCUT2D eigenvalue weighted by Gasteiger charge is -2.24. The van der Waals surface area contributed by atoms with E-state index in [-0.39, 0.29) is 18.4 Å². The Bertz CT molecular complexity index is 981. The average molecular weight is 434 g/mol. The maximum Gasteiger partial charge on any atom is 0.278 e. The summed E-state index contributed by atoms with van der Waals surface area (Å²) in [5.41, 5.74) is 2.73. The van der Waals surface area contributed by atoms with Gasteiger partial charge in [0.15, 0.2) is 0 Å². The van der Waals surface area contributed by atoms with E-state index in [1.165, 1.54) is 4.90 Å². The van der Waals surface area contributed by atoms with Crippen LogP contribution in [0.25, 0.3) is 5.57 Å². The van der Waals surface area contributed by atoms with Gasteiger partial charge in [-0.3, -0.25) is 19.5 Å². The fraction of sp³-hybridized carbons (Fsp3) is 0.346. The number of amides is 2. The van der Waals surface area contributed by atoms with Gasteiger partial charge in [0.05, 0.1) is 12.2 Å². The summed E-state index contributed by atoms with van der Waals surface area (Å²) in [7, 11) is 0. The molecule has 1 aliphatic rings. The molecule has 2 aromatic rings. The standard InChI is InChI=1S/C26H31N3O3/c1-5-16-29-25(30)23(21-7-9-22(10-8-21)32-18-19(3)4)24(26(29)31)28(6-2)17-13-20-11-14-27-15-12-20/h5,7-12,14-15,19H,1,6,13,16-18H2,2-4H3. The fourth-order valence-corrected chi connectivity index (χ4v) is 3.63. The molecule has 0 radical (unpaired) electrons. The molecule has 2 amide bonds. The monoisotopic (exact) mass is 433 g/mol. The number of carbonyl (C=O) groups is 2. The second kappa shape index (κ2) is 10.8. The molecule has 0 unspecified atom stereocenters. The van der Waals surface area contributed by atoms with Gasteiger partial charge < -0.3 is 9.64 Å². The molecule has 6 heteroatoms. The topological polar surface area (TPSA) is 62.7 Å². The SMILES string of the molecule is C=CCN1C(=O)C(c2ccc(OCC(C)C)cc2)=C(N(CC)CCc2ccncc2)C1=O. The Morgan fingerprint density at radius 3 is 2.38 bits per heavy atom. The fourth-order valence-electron chi connectivity index (χ4n) is 3.63. The molecule has 2 heterocycles. The number of aromatic nitrogens is 1. The van der Waals surface area contributed by atoms with Crippen LogP contribution in [0.5, 0.6) is 5.75 Å². The van der Waals surface area contributed by atoms with E-state index in [2.05, 4.69) is 25.4 Å². The zero-order valence-electron chi connectivity index (χ0n) is 19.1. The maximum atomic E-state index is 13.3. The van der Waals surface area contributed by atoms with E-state index < -0.39 is 0 Å². The number of ether oxygens (including phenoxy) is 1. The van der Waals surface area contributed by atoms with Crippen LogP contribution < -0.4 is 4.74 Å². The highest BCUT2D eigenvalue weighted by Crippen LogP contribution is 2.32. The minimum absolute atomic E-state index is 0.183. The number of rotatable bonds is 11. The quantitative estimate of drug-likeness (QED) is 0.397. The molecule has 0 aliphatic carbocycles. The van der Waals surface area contributed by atoms with E-state index in [9.17, 15) is 9.59 Å². The van der Waals surface area contributed by atoms with E-state index in [0.717, 1.165) is 17.7 Å². The van der Waals surface area contributed by atoms with Gasteiger partial charge in [0.1, 0.15) is 11.4 Å². The van der Waals surface area contributed by atoms with Crippen LogP contribution in [0.15, 0.2) is 67.1 Å². The molecule has 0 saturated carbocycles. The van der Waals surface area contributed by atoms with Crippen molar-refractivity contribution in [2.75, 3.05) is 26.2 Å². The van der Waals surface area contributed by atoms with Gasteiger partial charge in [0, 0.05) is 32.0 Å². The van der Waals surface area contributed by atoms with Crippen LogP contribution in [-0.2, 0) is 16.0 Å². The molecule has 3 rings (SSSR count). The summed E-state index contributed by atoms with van der Waals surface area (Å²) in [6.45, 7) is 11.9. The number of nitrogens with zero attached hydrogens (tertiary/aromatic N) is 3. The summed E-state index contributed by atoms with van der Waals surface area (Å²) in [6.07, 6.45) is 5.84. The Morgan fingerprint density at radius 1 is 1.09 bits per heavy atom. The molecule has 1 aromatic heterocycles. The van der Waals surface area contributed by atoms with Crippen molar-refractivity contribution in [3.05, 3.63) is 78.3 Å². The van der Waals surface area contributed by atoms with Crippen molar-refractivity contribution in [3.63, 3.8) is 0 Å². The lowest BCUT2D eigenvalue weighted by Crippen LogP contribution is -2.36. The number of carbonyl (C=O) groups excluding carboxylic acids is 2. The van der Waals surface area contributed by atoms with Crippen molar-refractivity contribution in [3.8, 4) is 5.75 Å². The van der Waals surface area contributed by atoms with Crippen molar-refractivity contribution in [1.29, 1.82) is 0 Å². The molecule has 0 atom stereocenters. The summed E-state index contributed by atoms with van der Waals surface area (Å²) in [5, 5.41) is 0. The van der Waals surface area contributed by atoms with Gasteiger partial charge in [-0.2, -0.15) is 0 Å². The van der Waals surface area contributed by atoms with Gasteiger partial charge >= 0.3 is 0 Å². The Morgan fingerprint density at radius 2 is 1.78 bits per heavy atom. The third-order valence-electron chi connectivity index (χ3n) is 5.30. The summed E-state index contributed by atoms with van der Waals surface area (Å²) in [5.74, 6) is 0.600. The third kappa shape index (κ3) is 5.25. The Balaban J connectivity index is 1.93. The molecule has 1 aliphatic heterocycles. The number of imide groups is 1. The smallest absolute Gasteiger partial charge is 0.278 e. The van der Waals surface area contributed by atoms with E-state index in [1.807, 2.05) is 48.2 Å². The van der Waals surface area contributed by atoms with Crippen molar-refractivity contribution in [2.24, 2.45) is 5.92 Å². The summed E-state index contributed by atoms with van der Waals surface area (Å²) in [6, 6.07) is 11.3. The first-order valence-electron chi connectivity index (χ1n) is 11.0. The highest BCUT2D eigenvalue weighted by atomic mass is 16.5. The molecule has 0 N–H and O–H groups in total. The van der Waals surface area contributed by atoms with E-state index in [0.29, 0.717) is 42.4 Å². The minimum Gasteiger partial charge on any atom is -0.493 e. The van der Waals surface area contributed by atoms with Crippen LogP contribution >= 0.6 is 0 Å². The number of hydrogen-bond acceptors (Lipinski definition) is 5. The lowest BCUT2D eigenvalue weighted by molar-refractivity contribution is -0.136. The molecule has 0 fully saturated rings. The van der Waals surface area contributed by atoms with Crippen LogP contribution in [0.2, 0.25) is 0 Å². The van der Waals surface area contributed by atoms with E-state index in [4.69, 9.17) is 4.74 Å². The number of likely N-dealkylation sites (N-methyl/N-ethyl adjacent to an activating group) is 1. The number of hydrogen-bond donors (Lipinski definition) is 0. The van der Waals surface area contributed by atoms with E-state index >= 15 is 0 Å². The van der Waals surface area contributed by atoms with Crippen molar-refractivity contribution in [2.45, 2.75) is 27.2 Å². The highest BCUT2D eigenvalue weighted by Gasteiger charge is 2.40. The van der Waals surface area contributed by atoms with Crippen LogP contribution in [-0.4, -0.2) is 52.8 Å². The molecule has 6 nitrogen and oxygen atoms in total. The third-order valence-corrected chi connectivity index (χ3v) is 5.30. The van der Waals surface area contributed by atoms with Crippen molar-refractivity contribution >= 4 is 17.4 Å². The Kier molecular flexibility index (Phi) is 7.82. The molecule has 32 heavy (non-hydrogen) atoms. The van der Waals surface area contributed by atoms with Crippen molar-refractivity contribution in [1.82, 2.24) is 14.8 Å². The first kappa shape index (κ1) is 23.3. The average Bonchev–Trinajstić information content (AvgIpc) is 3.04. The summed E-state index contributed by atoms with van der Waals surface area (Å²) >= 11 is 0. The first-order chi connectivity index (χ1) is 15.5. The summed E-state index contributed by atoms with van der Waals surface area (Å²) in [4.78, 5) is 33.8. The predicted molar refractivity (Wildman–Crippen MR) is 126 cm³/mol. The number of pyridine rings is 1. The van der Waals surface area contributed by atoms with E-state index in [1.54, 1.807) is 18.5 Å². The van der Waals surface area contributed by atoms with Crippen LogP contribution in [0.4, 0.5) is 0 Å². The zero-order chi connectivity index (χ0) is 23.1. The van der Waals surface area contributed by atoms with Gasteiger partial charge in [0.2, 0.25) is 0 Å². The van der Waals surface area contributed by atoms with Gasteiger partial charge in [-0.1, -0.05) is 32.1 Å². The van der Waals surface area contributed by atoms with Gasteiger partial charge in [0.25, 0.3) is 11.8 Å². The van der Waals surface area contributed by atoms with Crippen LogP contribution in [0, 0.1) is 5.92 Å². The normalized spacial score (nSPS) is 13.8. The maximum absolute atomic E-state index is 13.3. The van der Waals surface area contributed by atoms with Gasteiger partial charge in [-0.15, -0.1) is 6.58 Å². The molecule has 168 valence electrons. The van der Waals surface area contributed by atoms with Crippen molar-refractivity contribution < 1.29 is 14.3 Å². The number of benzene rings is 1. The predicted octanol–water partition coefficient (Wildman–Crippen LogP) is 3.95. The molecular weight excluding hydrogens is 402 g/mol. The molecule has 0 bridgehead atoms. The largest absolute Gasteiger partial charge is 0.493 e. The minimum atomic E-state index is -0.289. The molecule has 0 spiro atoms. The Hall–Kier alpha value is -3.41. The summed E-state index contributed by atoms with van der Waals surface area (Å²) < 4.78 is 5.77.